The van der Waals surface area contributed by atoms with E-state index in [0.29, 0.717) is 6.42 Å². The van der Waals surface area contributed by atoms with E-state index >= 15 is 0 Å². The molecular formula is C16H20N2O. The summed E-state index contributed by atoms with van der Waals surface area (Å²) < 4.78 is 1.81. The van der Waals surface area contributed by atoms with E-state index < -0.39 is 6.10 Å². The van der Waals surface area contributed by atoms with Crippen LogP contribution in [-0.4, -0.2) is 14.9 Å². The van der Waals surface area contributed by atoms with Gasteiger partial charge in [0, 0.05) is 24.7 Å². The summed E-state index contributed by atoms with van der Waals surface area (Å²) in [6, 6.07) is 6.64. The first kappa shape index (κ1) is 12.4. The monoisotopic (exact) mass is 256 g/mol. The third-order valence-corrected chi connectivity index (χ3v) is 4.22. The van der Waals surface area contributed by atoms with Crippen LogP contribution in [0.4, 0.5) is 0 Å². The zero-order valence-corrected chi connectivity index (χ0v) is 11.6. The van der Waals surface area contributed by atoms with Crippen molar-refractivity contribution in [2.45, 2.75) is 38.7 Å². The number of benzene rings is 1. The maximum Gasteiger partial charge on any atom is 0.0863 e. The zero-order chi connectivity index (χ0) is 13.4. The van der Waals surface area contributed by atoms with Gasteiger partial charge in [0.1, 0.15) is 0 Å². The molecule has 0 aliphatic heterocycles. The van der Waals surface area contributed by atoms with Crippen molar-refractivity contribution in [2.24, 2.45) is 7.05 Å². The van der Waals surface area contributed by atoms with Crippen LogP contribution in [-0.2, 0) is 26.3 Å². The van der Waals surface area contributed by atoms with Gasteiger partial charge in [0.05, 0.1) is 12.3 Å². The highest BCUT2D eigenvalue weighted by atomic mass is 16.3. The number of aliphatic hydroxyl groups excluding tert-OH is 1. The Labute approximate surface area is 113 Å². The van der Waals surface area contributed by atoms with Gasteiger partial charge in [-0.05, 0) is 42.9 Å². The molecule has 1 aliphatic rings. The molecule has 0 fully saturated rings. The van der Waals surface area contributed by atoms with Crippen molar-refractivity contribution in [3.8, 4) is 0 Å². The SMILES string of the molecule is Cc1c(C(O)Cc2ccc3c(c2)CCC3)cnn1C. The average molecular weight is 256 g/mol. The summed E-state index contributed by atoms with van der Waals surface area (Å²) in [6.45, 7) is 1.99. The molecule has 1 aromatic heterocycles. The Balaban J connectivity index is 1.79. The second kappa shape index (κ2) is 4.82. The molecule has 1 atom stereocenters. The largest absolute Gasteiger partial charge is 0.388 e. The minimum absolute atomic E-state index is 0.465. The van der Waals surface area contributed by atoms with Crippen LogP contribution in [0.1, 0.15) is 40.5 Å². The van der Waals surface area contributed by atoms with Crippen molar-refractivity contribution in [2.75, 3.05) is 0 Å². The highest BCUT2D eigenvalue weighted by molar-refractivity contribution is 5.36. The van der Waals surface area contributed by atoms with Crippen LogP contribution >= 0.6 is 0 Å². The van der Waals surface area contributed by atoms with Gasteiger partial charge in [-0.3, -0.25) is 4.68 Å². The molecule has 0 radical (unpaired) electrons. The molecule has 0 bridgehead atoms. The minimum Gasteiger partial charge on any atom is -0.388 e. The van der Waals surface area contributed by atoms with Crippen molar-refractivity contribution < 1.29 is 5.11 Å². The summed E-state index contributed by atoms with van der Waals surface area (Å²) >= 11 is 0. The van der Waals surface area contributed by atoms with Crippen LogP contribution in [0, 0.1) is 6.92 Å². The Bertz CT molecular complexity index is 601. The fourth-order valence-corrected chi connectivity index (χ4v) is 2.93. The molecule has 0 saturated carbocycles. The second-order valence-corrected chi connectivity index (χ2v) is 5.49. The van der Waals surface area contributed by atoms with Crippen molar-refractivity contribution in [1.29, 1.82) is 0 Å². The molecule has 1 aliphatic carbocycles. The van der Waals surface area contributed by atoms with Gasteiger partial charge >= 0.3 is 0 Å². The Morgan fingerprint density at radius 3 is 2.84 bits per heavy atom. The molecule has 3 heteroatoms. The Kier molecular flexibility index (Phi) is 3.15. The van der Waals surface area contributed by atoms with Crippen molar-refractivity contribution in [3.63, 3.8) is 0 Å². The van der Waals surface area contributed by atoms with E-state index in [0.717, 1.165) is 11.3 Å². The summed E-state index contributed by atoms with van der Waals surface area (Å²) in [5, 5.41) is 14.6. The topological polar surface area (TPSA) is 38.1 Å². The van der Waals surface area contributed by atoms with E-state index in [1.165, 1.54) is 36.0 Å². The molecule has 0 amide bonds. The van der Waals surface area contributed by atoms with E-state index in [1.54, 1.807) is 10.9 Å². The van der Waals surface area contributed by atoms with Crippen LogP contribution in [0.3, 0.4) is 0 Å². The first-order valence-electron chi connectivity index (χ1n) is 6.92. The van der Waals surface area contributed by atoms with Gasteiger partial charge in [-0.1, -0.05) is 18.2 Å². The normalized spacial score (nSPS) is 15.5. The third-order valence-electron chi connectivity index (χ3n) is 4.22. The minimum atomic E-state index is -0.465. The van der Waals surface area contributed by atoms with Crippen molar-refractivity contribution in [1.82, 2.24) is 9.78 Å². The van der Waals surface area contributed by atoms with Crippen LogP contribution in [0.2, 0.25) is 0 Å². The third kappa shape index (κ3) is 2.30. The lowest BCUT2D eigenvalue weighted by Crippen LogP contribution is -2.04. The van der Waals surface area contributed by atoms with E-state index in [4.69, 9.17) is 0 Å². The fraction of sp³-hybridized carbons (Fsp3) is 0.438. The standard InChI is InChI=1S/C16H20N2O/c1-11-15(10-17-18(11)2)16(19)9-12-6-7-13-4-3-5-14(13)8-12/h6-8,10,16,19H,3-5,9H2,1-2H3. The summed E-state index contributed by atoms with van der Waals surface area (Å²) in [5.74, 6) is 0. The Morgan fingerprint density at radius 2 is 2.11 bits per heavy atom. The van der Waals surface area contributed by atoms with Crippen molar-refractivity contribution in [3.05, 3.63) is 52.3 Å². The highest BCUT2D eigenvalue weighted by Crippen LogP contribution is 2.26. The predicted molar refractivity (Wildman–Crippen MR) is 75.1 cm³/mol. The molecule has 1 heterocycles. The van der Waals surface area contributed by atoms with Gasteiger partial charge in [0.15, 0.2) is 0 Å². The number of hydrogen-bond acceptors (Lipinski definition) is 2. The molecular weight excluding hydrogens is 236 g/mol. The lowest BCUT2D eigenvalue weighted by atomic mass is 9.99. The fourth-order valence-electron chi connectivity index (χ4n) is 2.93. The maximum atomic E-state index is 10.4. The Hall–Kier alpha value is -1.61. The molecule has 1 N–H and O–H groups in total. The molecule has 3 rings (SSSR count). The van der Waals surface area contributed by atoms with Crippen molar-refractivity contribution >= 4 is 0 Å². The lowest BCUT2D eigenvalue weighted by Gasteiger charge is -2.11. The van der Waals surface area contributed by atoms with Crippen LogP contribution in [0.25, 0.3) is 0 Å². The van der Waals surface area contributed by atoms with Gasteiger partial charge in [0.2, 0.25) is 0 Å². The van der Waals surface area contributed by atoms with E-state index in [2.05, 4.69) is 23.3 Å². The van der Waals surface area contributed by atoms with E-state index in [-0.39, 0.29) is 0 Å². The summed E-state index contributed by atoms with van der Waals surface area (Å²) in [5.41, 5.74) is 6.14. The predicted octanol–water partition coefficient (Wildman–Crippen LogP) is 2.49. The molecule has 1 unspecified atom stereocenters. The van der Waals surface area contributed by atoms with Gasteiger partial charge < -0.3 is 5.11 Å². The first-order chi connectivity index (χ1) is 9.15. The molecule has 1 aromatic carbocycles. The lowest BCUT2D eigenvalue weighted by molar-refractivity contribution is 0.177. The number of aliphatic hydroxyl groups is 1. The van der Waals surface area contributed by atoms with Gasteiger partial charge in [-0.15, -0.1) is 0 Å². The van der Waals surface area contributed by atoms with E-state index in [1.807, 2.05) is 14.0 Å². The number of rotatable bonds is 3. The van der Waals surface area contributed by atoms with Gasteiger partial charge in [-0.2, -0.15) is 5.10 Å². The van der Waals surface area contributed by atoms with Crippen LogP contribution in [0.15, 0.2) is 24.4 Å². The number of hydrogen-bond donors (Lipinski definition) is 1. The number of fused-ring (bicyclic) bond motifs is 1. The molecule has 100 valence electrons. The number of aromatic nitrogens is 2. The Morgan fingerprint density at radius 1 is 1.32 bits per heavy atom. The second-order valence-electron chi connectivity index (χ2n) is 5.49. The van der Waals surface area contributed by atoms with Gasteiger partial charge in [0.25, 0.3) is 0 Å². The number of nitrogens with zero attached hydrogens (tertiary/aromatic N) is 2. The van der Waals surface area contributed by atoms with Crippen LogP contribution < -0.4 is 0 Å². The highest BCUT2D eigenvalue weighted by Gasteiger charge is 2.16. The average Bonchev–Trinajstić information content (AvgIpc) is 2.97. The summed E-state index contributed by atoms with van der Waals surface area (Å²) in [6.07, 6.45) is 5.63. The molecule has 19 heavy (non-hydrogen) atoms. The number of aryl methyl sites for hydroxylation is 3. The van der Waals surface area contributed by atoms with Crippen LogP contribution in [0.5, 0.6) is 0 Å². The van der Waals surface area contributed by atoms with Gasteiger partial charge in [-0.25, -0.2) is 0 Å². The molecule has 3 nitrogen and oxygen atoms in total. The molecule has 0 saturated heterocycles. The quantitative estimate of drug-likeness (QED) is 0.916. The molecule has 2 aromatic rings. The summed E-state index contributed by atoms with van der Waals surface area (Å²) in [4.78, 5) is 0. The zero-order valence-electron chi connectivity index (χ0n) is 11.6. The first-order valence-corrected chi connectivity index (χ1v) is 6.92. The smallest absolute Gasteiger partial charge is 0.0863 e. The van der Waals surface area contributed by atoms with E-state index in [9.17, 15) is 5.11 Å². The summed E-state index contributed by atoms with van der Waals surface area (Å²) in [7, 11) is 1.90. The maximum absolute atomic E-state index is 10.4. The molecule has 0 spiro atoms.